The van der Waals surface area contributed by atoms with Crippen molar-refractivity contribution in [1.82, 2.24) is 9.97 Å². The van der Waals surface area contributed by atoms with Gasteiger partial charge >= 0.3 is 0 Å². The summed E-state index contributed by atoms with van der Waals surface area (Å²) in [5.41, 5.74) is 2.13. The monoisotopic (exact) mass is 350 g/mol. The Morgan fingerprint density at radius 3 is 2.36 bits per heavy atom. The van der Waals surface area contributed by atoms with Crippen molar-refractivity contribution in [3.8, 4) is 0 Å². The van der Waals surface area contributed by atoms with Crippen LogP contribution in [0.3, 0.4) is 0 Å². The van der Waals surface area contributed by atoms with E-state index in [-0.39, 0.29) is 0 Å². The zero-order valence-electron chi connectivity index (χ0n) is 12.2. The molecule has 2 heterocycles. The molecule has 4 aromatic rings. The number of pyridine rings is 2. The summed E-state index contributed by atoms with van der Waals surface area (Å²) >= 11 is 3.46. The van der Waals surface area contributed by atoms with E-state index >= 15 is 0 Å². The number of rotatable bonds is 0. The van der Waals surface area contributed by atoms with Gasteiger partial charge in [-0.25, -0.2) is 0 Å². The second-order valence-electron chi connectivity index (χ2n) is 4.93. The number of halogens is 1. The number of benzene rings is 2. The van der Waals surface area contributed by atoms with E-state index in [1.54, 1.807) is 6.20 Å². The van der Waals surface area contributed by atoms with Crippen LogP contribution in [0.25, 0.3) is 21.7 Å². The SMILES string of the molecule is Brc1cccc2ncccc12.Cc1nccc2ccccc12. The van der Waals surface area contributed by atoms with Gasteiger partial charge in [0.2, 0.25) is 0 Å². The van der Waals surface area contributed by atoms with Gasteiger partial charge in [-0.3, -0.25) is 9.97 Å². The molecular formula is C19H15BrN2. The highest BCUT2D eigenvalue weighted by Gasteiger charge is 1.95. The molecule has 2 nitrogen and oxygen atoms in total. The van der Waals surface area contributed by atoms with Gasteiger partial charge in [-0.2, -0.15) is 0 Å². The highest BCUT2D eigenvalue weighted by molar-refractivity contribution is 9.10. The number of nitrogens with zero attached hydrogens (tertiary/aromatic N) is 2. The highest BCUT2D eigenvalue weighted by atomic mass is 79.9. The predicted molar refractivity (Wildman–Crippen MR) is 95.9 cm³/mol. The maximum Gasteiger partial charge on any atom is 0.0713 e. The molecule has 0 fully saturated rings. The third-order valence-corrected chi connectivity index (χ3v) is 4.16. The van der Waals surface area contributed by atoms with Crippen molar-refractivity contribution in [3.05, 3.63) is 83.2 Å². The summed E-state index contributed by atoms with van der Waals surface area (Å²) in [4.78, 5) is 8.42. The molecule has 0 amide bonds. The Balaban J connectivity index is 0.000000131. The van der Waals surface area contributed by atoms with Gasteiger partial charge in [-0.1, -0.05) is 52.3 Å². The van der Waals surface area contributed by atoms with Crippen LogP contribution in [0.5, 0.6) is 0 Å². The lowest BCUT2D eigenvalue weighted by Crippen LogP contribution is -1.80. The van der Waals surface area contributed by atoms with Crippen molar-refractivity contribution in [2.24, 2.45) is 0 Å². The number of hydrogen-bond donors (Lipinski definition) is 0. The first kappa shape index (κ1) is 14.7. The summed E-state index contributed by atoms with van der Waals surface area (Å²) in [6.45, 7) is 2.03. The van der Waals surface area contributed by atoms with Crippen molar-refractivity contribution in [2.45, 2.75) is 6.92 Å². The van der Waals surface area contributed by atoms with Gasteiger partial charge in [0, 0.05) is 33.3 Å². The second-order valence-corrected chi connectivity index (χ2v) is 5.78. The van der Waals surface area contributed by atoms with Crippen molar-refractivity contribution in [3.63, 3.8) is 0 Å². The van der Waals surface area contributed by atoms with Crippen molar-refractivity contribution >= 4 is 37.6 Å². The largest absolute Gasteiger partial charge is 0.261 e. The zero-order valence-corrected chi connectivity index (χ0v) is 13.8. The summed E-state index contributed by atoms with van der Waals surface area (Å²) in [7, 11) is 0. The fourth-order valence-electron chi connectivity index (χ4n) is 2.34. The molecule has 0 radical (unpaired) electrons. The van der Waals surface area contributed by atoms with E-state index < -0.39 is 0 Å². The zero-order chi connectivity index (χ0) is 15.4. The molecule has 3 heteroatoms. The molecular weight excluding hydrogens is 336 g/mol. The summed E-state index contributed by atoms with van der Waals surface area (Å²) < 4.78 is 1.10. The molecule has 0 spiro atoms. The Morgan fingerprint density at radius 1 is 0.727 bits per heavy atom. The molecule has 108 valence electrons. The van der Waals surface area contributed by atoms with Crippen molar-refractivity contribution in [1.29, 1.82) is 0 Å². The Kier molecular flexibility index (Phi) is 4.45. The van der Waals surface area contributed by atoms with Crippen LogP contribution in [0, 0.1) is 6.92 Å². The quantitative estimate of drug-likeness (QED) is 0.416. The first-order valence-electron chi connectivity index (χ1n) is 7.05. The van der Waals surface area contributed by atoms with Crippen LogP contribution in [0.4, 0.5) is 0 Å². The van der Waals surface area contributed by atoms with E-state index in [2.05, 4.69) is 38.0 Å². The van der Waals surface area contributed by atoms with Crippen LogP contribution >= 0.6 is 15.9 Å². The van der Waals surface area contributed by atoms with Gasteiger partial charge in [-0.15, -0.1) is 0 Å². The molecule has 0 N–H and O–H groups in total. The lowest BCUT2D eigenvalue weighted by molar-refractivity contribution is 1.24. The summed E-state index contributed by atoms with van der Waals surface area (Å²) in [5, 5.41) is 3.67. The molecule has 2 aromatic heterocycles. The van der Waals surface area contributed by atoms with E-state index in [4.69, 9.17) is 0 Å². The lowest BCUT2D eigenvalue weighted by atomic mass is 10.1. The number of aromatic nitrogens is 2. The average Bonchev–Trinajstić information content (AvgIpc) is 2.57. The molecule has 22 heavy (non-hydrogen) atoms. The maximum absolute atomic E-state index is 4.21. The standard InChI is InChI=1S/C10H9N.C9H6BrN/c1-8-10-5-3-2-4-9(10)6-7-11-8;10-8-4-1-5-9-7(8)3-2-6-11-9/h2-7H,1H3;1-6H. The Hall–Kier alpha value is -2.26. The minimum absolute atomic E-state index is 1.03. The summed E-state index contributed by atoms with van der Waals surface area (Å²) in [5.74, 6) is 0. The van der Waals surface area contributed by atoms with Crippen LogP contribution in [0.2, 0.25) is 0 Å². The first-order chi connectivity index (χ1) is 10.8. The summed E-state index contributed by atoms with van der Waals surface area (Å²) in [6, 6.07) is 20.3. The van der Waals surface area contributed by atoms with Crippen LogP contribution in [0.1, 0.15) is 5.69 Å². The van der Waals surface area contributed by atoms with Crippen LogP contribution in [-0.4, -0.2) is 9.97 Å². The summed E-state index contributed by atoms with van der Waals surface area (Å²) in [6.07, 6.45) is 3.65. The van der Waals surface area contributed by atoms with Gasteiger partial charge in [-0.05, 0) is 36.6 Å². The molecule has 0 saturated heterocycles. The molecule has 0 aliphatic heterocycles. The molecule has 4 rings (SSSR count). The van der Waals surface area contributed by atoms with Gasteiger partial charge in [0.15, 0.2) is 0 Å². The minimum Gasteiger partial charge on any atom is -0.261 e. The Bertz CT molecular complexity index is 831. The Labute approximate surface area is 138 Å². The van der Waals surface area contributed by atoms with Gasteiger partial charge in [0.05, 0.1) is 5.52 Å². The van der Waals surface area contributed by atoms with Gasteiger partial charge in [0.1, 0.15) is 0 Å². The molecule has 0 atom stereocenters. The van der Waals surface area contributed by atoms with E-state index in [9.17, 15) is 0 Å². The first-order valence-corrected chi connectivity index (χ1v) is 7.84. The van der Waals surface area contributed by atoms with Crippen LogP contribution < -0.4 is 0 Å². The molecule has 0 bridgehead atoms. The van der Waals surface area contributed by atoms with Crippen LogP contribution in [0.15, 0.2) is 77.5 Å². The molecule has 0 saturated carbocycles. The highest BCUT2D eigenvalue weighted by Crippen LogP contribution is 2.21. The van der Waals surface area contributed by atoms with Gasteiger partial charge in [0.25, 0.3) is 0 Å². The number of fused-ring (bicyclic) bond motifs is 2. The second kappa shape index (κ2) is 6.67. The lowest BCUT2D eigenvalue weighted by Gasteiger charge is -1.97. The van der Waals surface area contributed by atoms with Gasteiger partial charge < -0.3 is 0 Å². The predicted octanol–water partition coefficient (Wildman–Crippen LogP) is 5.54. The fourth-order valence-corrected chi connectivity index (χ4v) is 2.82. The third kappa shape index (κ3) is 3.15. The smallest absolute Gasteiger partial charge is 0.0713 e. The van der Waals surface area contributed by atoms with E-state index in [1.807, 2.05) is 61.7 Å². The molecule has 2 aromatic carbocycles. The Morgan fingerprint density at radius 2 is 1.55 bits per heavy atom. The normalized spacial score (nSPS) is 10.3. The fraction of sp³-hybridized carbons (Fsp3) is 0.0526. The number of hydrogen-bond acceptors (Lipinski definition) is 2. The molecule has 0 unspecified atom stereocenters. The molecule has 0 aliphatic carbocycles. The third-order valence-electron chi connectivity index (χ3n) is 3.47. The minimum atomic E-state index is 1.03. The number of aryl methyl sites for hydroxylation is 1. The average molecular weight is 351 g/mol. The van der Waals surface area contributed by atoms with E-state index in [0.717, 1.165) is 21.1 Å². The molecule has 0 aliphatic rings. The van der Waals surface area contributed by atoms with Crippen molar-refractivity contribution in [2.75, 3.05) is 0 Å². The maximum atomic E-state index is 4.21. The topological polar surface area (TPSA) is 25.8 Å². The van der Waals surface area contributed by atoms with Crippen molar-refractivity contribution < 1.29 is 0 Å². The van der Waals surface area contributed by atoms with E-state index in [1.165, 1.54) is 10.8 Å². The van der Waals surface area contributed by atoms with E-state index in [0.29, 0.717) is 0 Å². The van der Waals surface area contributed by atoms with Crippen LogP contribution in [-0.2, 0) is 0 Å².